The molecule has 100 valence electrons. The monoisotopic (exact) mass is 260 g/mol. The van der Waals surface area contributed by atoms with Crippen molar-refractivity contribution in [2.45, 2.75) is 25.5 Å². The van der Waals surface area contributed by atoms with E-state index < -0.39 is 0 Å². The van der Waals surface area contributed by atoms with Crippen molar-refractivity contribution in [3.8, 4) is 0 Å². The van der Waals surface area contributed by atoms with Gasteiger partial charge in [-0.2, -0.15) is 0 Å². The minimum absolute atomic E-state index is 0.00294. The van der Waals surface area contributed by atoms with Gasteiger partial charge in [0, 0.05) is 24.0 Å². The highest BCUT2D eigenvalue weighted by Crippen LogP contribution is 2.15. The normalized spacial score (nSPS) is 15.7. The third-order valence-corrected chi connectivity index (χ3v) is 3.14. The van der Waals surface area contributed by atoms with E-state index in [1.807, 2.05) is 30.3 Å². The predicted molar refractivity (Wildman–Crippen MR) is 70.4 cm³/mol. The van der Waals surface area contributed by atoms with Crippen molar-refractivity contribution in [3.05, 3.63) is 46.3 Å². The number of rotatable bonds is 3. The van der Waals surface area contributed by atoms with Gasteiger partial charge in [-0.3, -0.25) is 0 Å². The summed E-state index contributed by atoms with van der Waals surface area (Å²) in [4.78, 5) is 16.3. The Morgan fingerprint density at radius 1 is 1.37 bits per heavy atom. The Labute approximate surface area is 111 Å². The Kier molecular flexibility index (Phi) is 4.64. The molecule has 1 aliphatic heterocycles. The Hall–Kier alpha value is -2.20. The highest BCUT2D eigenvalue weighted by molar-refractivity contribution is 5.67. The number of piperidine rings is 1. The van der Waals surface area contributed by atoms with E-state index in [0.717, 1.165) is 5.56 Å². The van der Waals surface area contributed by atoms with E-state index in [1.54, 1.807) is 4.90 Å². The zero-order valence-corrected chi connectivity index (χ0v) is 10.6. The first-order chi connectivity index (χ1) is 9.29. The van der Waals surface area contributed by atoms with Gasteiger partial charge in [-0.25, -0.2) is 4.79 Å². The second-order valence-electron chi connectivity index (χ2n) is 4.46. The lowest BCUT2D eigenvalue weighted by atomic mass is 10.1. The average molecular weight is 260 g/mol. The van der Waals surface area contributed by atoms with Crippen molar-refractivity contribution in [1.29, 1.82) is 0 Å². The highest BCUT2D eigenvalue weighted by Gasteiger charge is 2.22. The molecular weight excluding hydrogens is 244 g/mol. The summed E-state index contributed by atoms with van der Waals surface area (Å²) in [7, 11) is 0. The van der Waals surface area contributed by atoms with E-state index >= 15 is 0 Å². The largest absolute Gasteiger partial charge is 0.445 e. The van der Waals surface area contributed by atoms with Crippen LogP contribution in [0.4, 0.5) is 4.79 Å². The molecule has 1 heterocycles. The van der Waals surface area contributed by atoms with Gasteiger partial charge in [-0.1, -0.05) is 35.4 Å². The molecule has 1 aliphatic rings. The molecule has 1 fully saturated rings. The molecule has 0 aliphatic carbocycles. The van der Waals surface area contributed by atoms with Gasteiger partial charge in [0.15, 0.2) is 0 Å². The molecule has 0 radical (unpaired) electrons. The van der Waals surface area contributed by atoms with Gasteiger partial charge in [0.2, 0.25) is 0 Å². The molecule has 0 atom stereocenters. The summed E-state index contributed by atoms with van der Waals surface area (Å²) in [6, 6.07) is 9.58. The molecule has 0 N–H and O–H groups in total. The number of hydrogen-bond donors (Lipinski definition) is 0. The van der Waals surface area contributed by atoms with Crippen LogP contribution in [-0.4, -0.2) is 30.1 Å². The zero-order valence-electron chi connectivity index (χ0n) is 10.6. The molecule has 0 aromatic heterocycles. The number of likely N-dealkylation sites (tertiary alicyclic amines) is 1. The fraction of sp³-hybridized carbons (Fsp3) is 0.462. The molecule has 1 amide bonds. The third kappa shape index (κ3) is 3.89. The predicted octanol–water partition coefficient (Wildman–Crippen LogP) is 3.10. The fourth-order valence-corrected chi connectivity index (χ4v) is 2.05. The number of carbonyl (C=O) groups excluding carboxylic acids is 1. The fourth-order valence-electron chi connectivity index (χ4n) is 2.05. The second kappa shape index (κ2) is 6.66. The van der Waals surface area contributed by atoms with Crippen LogP contribution >= 0.6 is 0 Å². The van der Waals surface area contributed by atoms with Gasteiger partial charge in [-0.15, -0.1) is 0 Å². The molecule has 19 heavy (non-hydrogen) atoms. The SMILES string of the molecule is [N-]=[N+]=NC1CCN(C(=O)OCc2ccccc2)CC1. The lowest BCUT2D eigenvalue weighted by Crippen LogP contribution is -2.39. The molecule has 1 aromatic rings. The minimum atomic E-state index is -0.303. The first-order valence-corrected chi connectivity index (χ1v) is 6.29. The van der Waals surface area contributed by atoms with Gasteiger partial charge >= 0.3 is 6.09 Å². The standard InChI is InChI=1S/C13H16N4O2/c14-16-15-12-6-8-17(9-7-12)13(18)19-10-11-4-2-1-3-5-11/h1-5,12H,6-10H2. The lowest BCUT2D eigenvalue weighted by molar-refractivity contribution is 0.0873. The lowest BCUT2D eigenvalue weighted by Gasteiger charge is -2.29. The smallest absolute Gasteiger partial charge is 0.410 e. The Balaban J connectivity index is 1.77. The van der Waals surface area contributed by atoms with Crippen molar-refractivity contribution in [1.82, 2.24) is 4.90 Å². The number of hydrogen-bond acceptors (Lipinski definition) is 3. The molecule has 0 bridgehead atoms. The summed E-state index contributed by atoms with van der Waals surface area (Å²) in [5.41, 5.74) is 9.33. The number of nitrogens with zero attached hydrogens (tertiary/aromatic N) is 4. The van der Waals surface area contributed by atoms with Crippen LogP contribution in [-0.2, 0) is 11.3 Å². The summed E-state index contributed by atoms with van der Waals surface area (Å²) in [6.07, 6.45) is 1.10. The van der Waals surface area contributed by atoms with Crippen molar-refractivity contribution in [2.24, 2.45) is 5.11 Å². The molecule has 6 nitrogen and oxygen atoms in total. The van der Waals surface area contributed by atoms with E-state index in [-0.39, 0.29) is 18.7 Å². The van der Waals surface area contributed by atoms with Crippen molar-refractivity contribution < 1.29 is 9.53 Å². The van der Waals surface area contributed by atoms with Gasteiger partial charge in [0.1, 0.15) is 6.61 Å². The van der Waals surface area contributed by atoms with E-state index in [4.69, 9.17) is 10.3 Å². The number of ether oxygens (including phenoxy) is 1. The van der Waals surface area contributed by atoms with Gasteiger partial charge < -0.3 is 9.64 Å². The first-order valence-electron chi connectivity index (χ1n) is 6.29. The molecule has 1 aromatic carbocycles. The minimum Gasteiger partial charge on any atom is -0.445 e. The molecule has 0 unspecified atom stereocenters. The molecule has 6 heteroatoms. The summed E-state index contributed by atoms with van der Waals surface area (Å²) in [5, 5.41) is 3.67. The van der Waals surface area contributed by atoms with E-state index in [0.29, 0.717) is 25.9 Å². The van der Waals surface area contributed by atoms with Crippen molar-refractivity contribution in [2.75, 3.05) is 13.1 Å². The topological polar surface area (TPSA) is 78.3 Å². The van der Waals surface area contributed by atoms with Gasteiger partial charge in [0.05, 0.1) is 0 Å². The Morgan fingerprint density at radius 2 is 2.05 bits per heavy atom. The molecule has 0 spiro atoms. The molecule has 0 saturated carbocycles. The van der Waals surface area contributed by atoms with Crippen LogP contribution in [0.2, 0.25) is 0 Å². The van der Waals surface area contributed by atoms with Crippen LogP contribution in [0.25, 0.3) is 10.4 Å². The van der Waals surface area contributed by atoms with Gasteiger partial charge in [-0.05, 0) is 23.9 Å². The molecular formula is C13H16N4O2. The van der Waals surface area contributed by atoms with E-state index in [1.165, 1.54) is 0 Å². The Bertz CT molecular complexity index is 463. The number of carbonyl (C=O) groups is 1. The highest BCUT2D eigenvalue weighted by atomic mass is 16.6. The van der Waals surface area contributed by atoms with Crippen LogP contribution in [0.1, 0.15) is 18.4 Å². The van der Waals surface area contributed by atoms with E-state index in [9.17, 15) is 4.79 Å². The van der Waals surface area contributed by atoms with Gasteiger partial charge in [0.25, 0.3) is 0 Å². The van der Waals surface area contributed by atoms with Crippen LogP contribution in [0, 0.1) is 0 Å². The molecule has 2 rings (SSSR count). The first kappa shape index (κ1) is 13.2. The maximum atomic E-state index is 11.8. The molecule has 1 saturated heterocycles. The number of benzene rings is 1. The average Bonchev–Trinajstić information content (AvgIpc) is 2.47. The quantitative estimate of drug-likeness (QED) is 0.475. The van der Waals surface area contributed by atoms with Crippen LogP contribution in [0.3, 0.4) is 0 Å². The van der Waals surface area contributed by atoms with E-state index in [2.05, 4.69) is 10.0 Å². The summed E-state index contributed by atoms with van der Waals surface area (Å²) >= 11 is 0. The summed E-state index contributed by atoms with van der Waals surface area (Å²) in [5.74, 6) is 0. The second-order valence-corrected chi connectivity index (χ2v) is 4.46. The number of amides is 1. The third-order valence-electron chi connectivity index (χ3n) is 3.14. The van der Waals surface area contributed by atoms with Crippen molar-refractivity contribution in [3.63, 3.8) is 0 Å². The maximum absolute atomic E-state index is 11.8. The Morgan fingerprint density at radius 3 is 2.68 bits per heavy atom. The summed E-state index contributed by atoms with van der Waals surface area (Å²) < 4.78 is 5.25. The van der Waals surface area contributed by atoms with Crippen molar-refractivity contribution >= 4 is 6.09 Å². The summed E-state index contributed by atoms with van der Waals surface area (Å²) in [6.45, 7) is 1.45. The van der Waals surface area contributed by atoms with Crippen LogP contribution in [0.15, 0.2) is 35.4 Å². The van der Waals surface area contributed by atoms with Crippen LogP contribution < -0.4 is 0 Å². The van der Waals surface area contributed by atoms with Crippen LogP contribution in [0.5, 0.6) is 0 Å². The maximum Gasteiger partial charge on any atom is 0.410 e. The zero-order chi connectivity index (χ0) is 13.5. The number of azide groups is 1.